The monoisotopic (exact) mass is 414 g/mol. The van der Waals surface area contributed by atoms with Crippen molar-refractivity contribution in [2.24, 2.45) is 5.73 Å². The zero-order valence-electron chi connectivity index (χ0n) is 14.2. The molecule has 2 atom stereocenters. The van der Waals surface area contributed by atoms with E-state index in [-0.39, 0.29) is 60.7 Å². The summed E-state index contributed by atoms with van der Waals surface area (Å²) in [4.78, 5) is 16.4. The van der Waals surface area contributed by atoms with E-state index in [9.17, 15) is 13.2 Å². The minimum Gasteiger partial charge on any atom is -0.490 e. The van der Waals surface area contributed by atoms with Gasteiger partial charge < -0.3 is 20.2 Å². The summed E-state index contributed by atoms with van der Waals surface area (Å²) < 4.78 is 38.0. The first-order valence-corrected chi connectivity index (χ1v) is 9.62. The minimum atomic E-state index is -3.68. The minimum absolute atomic E-state index is 0. The van der Waals surface area contributed by atoms with E-state index in [0.717, 1.165) is 0 Å². The summed E-state index contributed by atoms with van der Waals surface area (Å²) in [6.07, 6.45) is 1.70. The zero-order chi connectivity index (χ0) is 18.3. The van der Waals surface area contributed by atoms with Gasteiger partial charge in [-0.3, -0.25) is 4.79 Å². The number of carbonyl (C=O) groups is 1. The van der Waals surface area contributed by atoms with Gasteiger partial charge in [-0.15, -0.1) is 12.4 Å². The number of nitrogens with one attached hydrogen (secondary N) is 1. The molecule has 1 fully saturated rings. The first-order valence-electron chi connectivity index (χ1n) is 8.18. The number of amides is 1. The van der Waals surface area contributed by atoms with Gasteiger partial charge >= 0.3 is 0 Å². The summed E-state index contributed by atoms with van der Waals surface area (Å²) in [6.45, 7) is 0.517. The fourth-order valence-electron chi connectivity index (χ4n) is 3.30. The Morgan fingerprint density at radius 2 is 2.15 bits per heavy atom. The molecule has 146 valence electrons. The number of para-hydroxylation sites is 1. The van der Waals surface area contributed by atoms with Crippen molar-refractivity contribution in [3.05, 3.63) is 42.1 Å². The van der Waals surface area contributed by atoms with E-state index in [2.05, 4.69) is 10.3 Å². The molecule has 3 N–H and O–H groups in total. The summed E-state index contributed by atoms with van der Waals surface area (Å²) in [5, 5.41) is 2.81. The molecule has 1 saturated heterocycles. The van der Waals surface area contributed by atoms with Crippen LogP contribution in [0.1, 0.15) is 22.8 Å². The van der Waals surface area contributed by atoms with E-state index < -0.39 is 15.9 Å². The highest BCUT2D eigenvalue weighted by Gasteiger charge is 2.44. The predicted octanol–water partition coefficient (Wildman–Crippen LogP) is 0.509. The average molecular weight is 415 g/mol. The molecule has 0 saturated carbocycles. The molecule has 0 unspecified atom stereocenters. The van der Waals surface area contributed by atoms with Gasteiger partial charge in [0.1, 0.15) is 23.5 Å². The van der Waals surface area contributed by atoms with E-state index in [0.29, 0.717) is 12.2 Å². The van der Waals surface area contributed by atoms with Crippen molar-refractivity contribution >= 4 is 28.3 Å². The molecule has 9 nitrogen and oxygen atoms in total. The lowest BCUT2D eigenvalue weighted by Gasteiger charge is -2.19. The van der Waals surface area contributed by atoms with Crippen molar-refractivity contribution in [1.29, 1.82) is 0 Å². The van der Waals surface area contributed by atoms with Gasteiger partial charge in [0.2, 0.25) is 15.9 Å². The lowest BCUT2D eigenvalue weighted by Crippen LogP contribution is -2.39. The number of aromatic nitrogens is 1. The Kier molecular flexibility index (Phi) is 5.43. The maximum atomic E-state index is 12.9. The molecule has 1 aromatic heterocycles. The van der Waals surface area contributed by atoms with Crippen molar-refractivity contribution in [1.82, 2.24) is 14.6 Å². The maximum absolute atomic E-state index is 12.9. The molecule has 1 amide bonds. The van der Waals surface area contributed by atoms with E-state index in [1.165, 1.54) is 16.6 Å². The Hall–Kier alpha value is -2.14. The number of hydrogen-bond donors (Lipinski definition) is 2. The summed E-state index contributed by atoms with van der Waals surface area (Å²) in [5.74, 6) is 0.206. The van der Waals surface area contributed by atoms with E-state index in [1.54, 1.807) is 18.2 Å². The van der Waals surface area contributed by atoms with Gasteiger partial charge in [0, 0.05) is 12.6 Å². The quantitative estimate of drug-likeness (QED) is 0.748. The normalized spacial score (nSPS) is 23.3. The van der Waals surface area contributed by atoms with Crippen LogP contribution in [-0.2, 0) is 16.6 Å². The number of ether oxygens (including phenoxy) is 1. The lowest BCUT2D eigenvalue weighted by atomic mass is 10.2. The first kappa shape index (κ1) is 19.6. The standard InChI is InChI=1S/C16H18N4O5S.ClH/c17-6-15-19-12(9-25-15)16(21)18-10-5-11-8-24-13-3-1-2-4-14(13)26(22,23)20(11)7-10;/h1-4,9-11H,5-8,17H2,(H,18,21);1H/t10-,11-;/m0./s1. The third-order valence-corrected chi connectivity index (χ3v) is 6.48. The number of carbonyl (C=O) groups excluding carboxylic acids is 1. The second-order valence-corrected chi connectivity index (χ2v) is 8.08. The molecule has 11 heteroatoms. The van der Waals surface area contributed by atoms with Gasteiger partial charge in [-0.1, -0.05) is 12.1 Å². The molecule has 0 bridgehead atoms. The number of benzene rings is 1. The molecule has 27 heavy (non-hydrogen) atoms. The Balaban J connectivity index is 0.00000210. The fraction of sp³-hybridized carbons (Fsp3) is 0.375. The Labute approximate surface area is 162 Å². The molecule has 0 radical (unpaired) electrons. The third kappa shape index (κ3) is 3.53. The van der Waals surface area contributed by atoms with Crippen molar-refractivity contribution in [3.63, 3.8) is 0 Å². The van der Waals surface area contributed by atoms with Crippen LogP contribution in [0.5, 0.6) is 5.75 Å². The second-order valence-electron chi connectivity index (χ2n) is 6.22. The van der Waals surface area contributed by atoms with Gasteiger partial charge in [0.25, 0.3) is 5.91 Å². The third-order valence-electron chi connectivity index (χ3n) is 4.53. The van der Waals surface area contributed by atoms with Crippen molar-refractivity contribution in [3.8, 4) is 5.75 Å². The predicted molar refractivity (Wildman–Crippen MR) is 97.1 cm³/mol. The van der Waals surface area contributed by atoms with Gasteiger partial charge in [-0.25, -0.2) is 13.4 Å². The number of nitrogens with zero attached hydrogens (tertiary/aromatic N) is 2. The summed E-state index contributed by atoms with van der Waals surface area (Å²) in [7, 11) is -3.68. The number of oxazole rings is 1. The Bertz CT molecular complexity index is 948. The van der Waals surface area contributed by atoms with Crippen LogP contribution in [0.4, 0.5) is 0 Å². The molecule has 0 aliphatic carbocycles. The van der Waals surface area contributed by atoms with Crippen LogP contribution in [0, 0.1) is 0 Å². The van der Waals surface area contributed by atoms with Crippen molar-refractivity contribution < 1.29 is 22.4 Å². The van der Waals surface area contributed by atoms with Crippen molar-refractivity contribution in [2.75, 3.05) is 13.2 Å². The largest absolute Gasteiger partial charge is 0.490 e. The highest BCUT2D eigenvalue weighted by Crippen LogP contribution is 2.35. The van der Waals surface area contributed by atoms with Crippen LogP contribution in [0.3, 0.4) is 0 Å². The van der Waals surface area contributed by atoms with E-state index in [1.807, 2.05) is 0 Å². The molecular weight excluding hydrogens is 396 g/mol. The smallest absolute Gasteiger partial charge is 0.273 e. The van der Waals surface area contributed by atoms with Crippen LogP contribution in [0.25, 0.3) is 0 Å². The van der Waals surface area contributed by atoms with E-state index in [4.69, 9.17) is 14.9 Å². The summed E-state index contributed by atoms with van der Waals surface area (Å²) in [5.41, 5.74) is 5.54. The summed E-state index contributed by atoms with van der Waals surface area (Å²) in [6, 6.07) is 5.90. The van der Waals surface area contributed by atoms with E-state index >= 15 is 0 Å². The number of rotatable bonds is 3. The number of halogens is 1. The molecular formula is C16H19ClN4O5S. The zero-order valence-corrected chi connectivity index (χ0v) is 15.8. The van der Waals surface area contributed by atoms with Crippen LogP contribution >= 0.6 is 12.4 Å². The highest BCUT2D eigenvalue weighted by molar-refractivity contribution is 7.89. The number of nitrogens with two attached hydrogens (primary N) is 1. The average Bonchev–Trinajstić information content (AvgIpc) is 3.25. The van der Waals surface area contributed by atoms with Gasteiger partial charge in [0.05, 0.1) is 12.6 Å². The second kappa shape index (κ2) is 7.47. The molecule has 4 rings (SSSR count). The number of fused-ring (bicyclic) bond motifs is 2. The fourth-order valence-corrected chi connectivity index (χ4v) is 5.10. The van der Waals surface area contributed by atoms with Crippen LogP contribution < -0.4 is 15.8 Å². The molecule has 2 aromatic rings. The van der Waals surface area contributed by atoms with Gasteiger partial charge in [0.15, 0.2) is 5.69 Å². The Morgan fingerprint density at radius 3 is 2.89 bits per heavy atom. The van der Waals surface area contributed by atoms with Gasteiger partial charge in [-0.2, -0.15) is 4.31 Å². The molecule has 1 aromatic carbocycles. The van der Waals surface area contributed by atoms with Crippen LogP contribution in [0.2, 0.25) is 0 Å². The molecule has 3 heterocycles. The molecule has 2 aliphatic rings. The Morgan fingerprint density at radius 1 is 1.37 bits per heavy atom. The van der Waals surface area contributed by atoms with Crippen molar-refractivity contribution in [2.45, 2.75) is 29.9 Å². The lowest BCUT2D eigenvalue weighted by molar-refractivity contribution is 0.0933. The van der Waals surface area contributed by atoms with Gasteiger partial charge in [-0.05, 0) is 18.6 Å². The topological polar surface area (TPSA) is 128 Å². The molecule has 2 aliphatic heterocycles. The number of hydrogen-bond acceptors (Lipinski definition) is 7. The van der Waals surface area contributed by atoms with Crippen LogP contribution in [-0.4, -0.2) is 48.8 Å². The van der Waals surface area contributed by atoms with Crippen LogP contribution in [0.15, 0.2) is 39.8 Å². The maximum Gasteiger partial charge on any atom is 0.273 e. The highest BCUT2D eigenvalue weighted by atomic mass is 35.5. The number of sulfonamides is 1. The SMILES string of the molecule is Cl.NCc1nc(C(=O)N[C@H]2C[C@H]3COc4ccccc4S(=O)(=O)N3C2)co1. The first-order chi connectivity index (χ1) is 12.5. The molecule has 0 spiro atoms. The summed E-state index contributed by atoms with van der Waals surface area (Å²) >= 11 is 0.